The van der Waals surface area contributed by atoms with Gasteiger partial charge in [0.05, 0.1) is 12.3 Å². The predicted octanol–water partition coefficient (Wildman–Crippen LogP) is 5.87. The molecule has 0 amide bonds. The molecule has 0 radical (unpaired) electrons. The number of rotatable bonds is 8. The Bertz CT molecular complexity index is 1430. The second-order valence-corrected chi connectivity index (χ2v) is 8.88. The SMILES string of the molecule is CCOC(=O)c1cnc(-c2cccnc2C(C)C)nc1NCc1ccc(-c2nc(C(F)(F)F)cn2C)cc1. The molecule has 3 heterocycles. The second kappa shape index (κ2) is 11.0. The van der Waals surface area contributed by atoms with Gasteiger partial charge in [0.15, 0.2) is 11.5 Å². The number of ether oxygens (including phenoxy) is 1. The first-order chi connectivity index (χ1) is 18.1. The second-order valence-electron chi connectivity index (χ2n) is 8.88. The number of benzene rings is 1. The van der Waals surface area contributed by atoms with E-state index in [0.717, 1.165) is 23.0 Å². The van der Waals surface area contributed by atoms with Crippen molar-refractivity contribution in [3.05, 3.63) is 77.5 Å². The fourth-order valence-electron chi connectivity index (χ4n) is 3.90. The predicted molar refractivity (Wildman–Crippen MR) is 136 cm³/mol. The molecule has 1 N–H and O–H groups in total. The number of alkyl halides is 3. The summed E-state index contributed by atoms with van der Waals surface area (Å²) in [5.41, 5.74) is 2.20. The highest BCUT2D eigenvalue weighted by atomic mass is 19.4. The monoisotopic (exact) mass is 524 g/mol. The summed E-state index contributed by atoms with van der Waals surface area (Å²) in [5.74, 6) is 0.514. The van der Waals surface area contributed by atoms with E-state index >= 15 is 0 Å². The number of hydrogen-bond acceptors (Lipinski definition) is 7. The number of hydrogen-bond donors (Lipinski definition) is 1. The van der Waals surface area contributed by atoms with Gasteiger partial charge in [-0.25, -0.2) is 19.7 Å². The Balaban J connectivity index is 1.60. The normalized spacial score (nSPS) is 11.6. The molecular formula is C27H27F3N6O2. The van der Waals surface area contributed by atoms with Crippen LogP contribution in [0.3, 0.4) is 0 Å². The van der Waals surface area contributed by atoms with E-state index in [4.69, 9.17) is 4.74 Å². The maximum atomic E-state index is 13.0. The van der Waals surface area contributed by atoms with Crippen molar-refractivity contribution in [2.75, 3.05) is 11.9 Å². The van der Waals surface area contributed by atoms with E-state index in [-0.39, 0.29) is 23.9 Å². The summed E-state index contributed by atoms with van der Waals surface area (Å²) in [6, 6.07) is 10.6. The van der Waals surface area contributed by atoms with Crippen LogP contribution in [0.4, 0.5) is 19.0 Å². The van der Waals surface area contributed by atoms with Gasteiger partial charge in [-0.2, -0.15) is 13.2 Å². The molecule has 0 fully saturated rings. The van der Waals surface area contributed by atoms with Gasteiger partial charge >= 0.3 is 12.1 Å². The lowest BCUT2D eigenvalue weighted by Crippen LogP contribution is -2.13. The van der Waals surface area contributed by atoms with Crippen molar-refractivity contribution in [3.63, 3.8) is 0 Å². The highest BCUT2D eigenvalue weighted by Gasteiger charge is 2.34. The minimum Gasteiger partial charge on any atom is -0.462 e. The van der Waals surface area contributed by atoms with Gasteiger partial charge in [-0.3, -0.25) is 4.98 Å². The van der Waals surface area contributed by atoms with Crippen molar-refractivity contribution in [1.29, 1.82) is 0 Å². The summed E-state index contributed by atoms with van der Waals surface area (Å²) >= 11 is 0. The summed E-state index contributed by atoms with van der Waals surface area (Å²) in [6.07, 6.45) is -0.411. The molecular weight excluding hydrogens is 497 g/mol. The van der Waals surface area contributed by atoms with Crippen molar-refractivity contribution in [2.45, 2.75) is 39.4 Å². The Morgan fingerprint density at radius 2 is 1.84 bits per heavy atom. The fraction of sp³-hybridized carbons (Fsp3) is 0.296. The van der Waals surface area contributed by atoms with Crippen LogP contribution in [0.15, 0.2) is 55.0 Å². The molecule has 38 heavy (non-hydrogen) atoms. The Kier molecular flexibility index (Phi) is 7.75. The van der Waals surface area contributed by atoms with Gasteiger partial charge in [-0.05, 0) is 30.5 Å². The number of carbonyl (C=O) groups is 1. The van der Waals surface area contributed by atoms with E-state index in [1.807, 2.05) is 19.9 Å². The zero-order chi connectivity index (χ0) is 27.4. The average molecular weight is 525 g/mol. The fourth-order valence-corrected chi connectivity index (χ4v) is 3.90. The lowest BCUT2D eigenvalue weighted by atomic mass is 10.0. The molecule has 0 spiro atoms. The largest absolute Gasteiger partial charge is 0.462 e. The molecule has 3 aromatic heterocycles. The number of imidazole rings is 1. The minimum atomic E-state index is -4.52. The van der Waals surface area contributed by atoms with Crippen LogP contribution >= 0.6 is 0 Å². The number of anilines is 1. The summed E-state index contributed by atoms with van der Waals surface area (Å²) in [7, 11) is 1.52. The zero-order valence-electron chi connectivity index (χ0n) is 21.4. The van der Waals surface area contributed by atoms with Gasteiger partial charge in [0.1, 0.15) is 17.2 Å². The molecule has 4 aromatic rings. The first kappa shape index (κ1) is 26.8. The first-order valence-electron chi connectivity index (χ1n) is 12.0. The highest BCUT2D eigenvalue weighted by molar-refractivity contribution is 5.94. The maximum Gasteiger partial charge on any atom is 0.434 e. The van der Waals surface area contributed by atoms with E-state index in [1.54, 1.807) is 43.5 Å². The molecule has 0 unspecified atom stereocenters. The third kappa shape index (κ3) is 5.82. The van der Waals surface area contributed by atoms with E-state index in [0.29, 0.717) is 23.8 Å². The van der Waals surface area contributed by atoms with Gasteiger partial charge < -0.3 is 14.6 Å². The molecule has 4 rings (SSSR count). The lowest BCUT2D eigenvalue weighted by Gasteiger charge is -2.14. The zero-order valence-corrected chi connectivity index (χ0v) is 21.4. The Morgan fingerprint density at radius 3 is 2.47 bits per heavy atom. The van der Waals surface area contributed by atoms with Crippen molar-refractivity contribution in [2.24, 2.45) is 7.05 Å². The van der Waals surface area contributed by atoms with Crippen LogP contribution in [0.1, 0.15) is 54.0 Å². The Labute approximate surface area is 218 Å². The number of pyridine rings is 1. The first-order valence-corrected chi connectivity index (χ1v) is 12.0. The molecule has 0 atom stereocenters. The molecule has 0 saturated carbocycles. The van der Waals surface area contributed by atoms with Crippen LogP contribution in [0.2, 0.25) is 0 Å². The molecule has 11 heteroatoms. The number of nitrogens with zero attached hydrogens (tertiary/aromatic N) is 5. The summed E-state index contributed by atoms with van der Waals surface area (Å²) < 4.78 is 45.6. The number of esters is 1. The van der Waals surface area contributed by atoms with E-state index in [1.165, 1.54) is 17.8 Å². The minimum absolute atomic E-state index is 0.139. The van der Waals surface area contributed by atoms with Gasteiger partial charge in [0.2, 0.25) is 0 Å². The van der Waals surface area contributed by atoms with Crippen LogP contribution in [0.25, 0.3) is 22.8 Å². The third-order valence-electron chi connectivity index (χ3n) is 5.75. The van der Waals surface area contributed by atoms with Gasteiger partial charge in [0.25, 0.3) is 0 Å². The molecule has 0 saturated heterocycles. The van der Waals surface area contributed by atoms with E-state index in [9.17, 15) is 18.0 Å². The molecule has 0 aliphatic carbocycles. The van der Waals surface area contributed by atoms with Crippen molar-refractivity contribution in [1.82, 2.24) is 24.5 Å². The van der Waals surface area contributed by atoms with Crippen LogP contribution < -0.4 is 5.32 Å². The summed E-state index contributed by atoms with van der Waals surface area (Å²) in [5, 5.41) is 3.18. The molecule has 0 bridgehead atoms. The molecule has 0 aliphatic heterocycles. The molecule has 1 aromatic carbocycles. The average Bonchev–Trinajstić information content (AvgIpc) is 3.30. The number of aromatic nitrogens is 5. The van der Waals surface area contributed by atoms with Crippen LogP contribution in [0, 0.1) is 0 Å². The quantitative estimate of drug-likeness (QED) is 0.288. The smallest absolute Gasteiger partial charge is 0.434 e. The Morgan fingerprint density at radius 1 is 1.11 bits per heavy atom. The van der Waals surface area contributed by atoms with Crippen LogP contribution in [-0.2, 0) is 24.5 Å². The molecule has 198 valence electrons. The summed E-state index contributed by atoms with van der Waals surface area (Å²) in [6.45, 7) is 6.26. The van der Waals surface area contributed by atoms with Crippen molar-refractivity contribution < 1.29 is 22.7 Å². The standard InChI is InChI=1S/C27H27F3N6O2/c1-5-38-26(37)20-14-33-23(19-7-6-12-31-22(19)16(2)3)35-24(20)32-13-17-8-10-18(11-9-17)25-34-21(15-36(25)4)27(28,29)30/h6-12,14-16H,5,13H2,1-4H3,(H,32,33,35). The Hall–Kier alpha value is -4.28. The van der Waals surface area contributed by atoms with Crippen molar-refractivity contribution >= 4 is 11.8 Å². The van der Waals surface area contributed by atoms with Gasteiger partial charge in [0, 0.05) is 43.3 Å². The number of halogens is 3. The third-order valence-corrected chi connectivity index (χ3v) is 5.75. The number of carbonyl (C=O) groups excluding carboxylic acids is 1. The van der Waals surface area contributed by atoms with Crippen molar-refractivity contribution in [3.8, 4) is 22.8 Å². The van der Waals surface area contributed by atoms with E-state index < -0.39 is 17.8 Å². The summed E-state index contributed by atoms with van der Waals surface area (Å²) in [4.78, 5) is 29.8. The van der Waals surface area contributed by atoms with Gasteiger partial charge in [-0.15, -0.1) is 0 Å². The molecule has 8 nitrogen and oxygen atoms in total. The lowest BCUT2D eigenvalue weighted by molar-refractivity contribution is -0.140. The van der Waals surface area contributed by atoms with Crippen LogP contribution in [-0.4, -0.2) is 37.1 Å². The highest BCUT2D eigenvalue weighted by Crippen LogP contribution is 2.31. The van der Waals surface area contributed by atoms with Gasteiger partial charge in [-0.1, -0.05) is 38.1 Å². The maximum absolute atomic E-state index is 13.0. The number of aryl methyl sites for hydroxylation is 1. The molecule has 0 aliphatic rings. The van der Waals surface area contributed by atoms with Crippen LogP contribution in [0.5, 0.6) is 0 Å². The topological polar surface area (TPSA) is 94.8 Å². The van der Waals surface area contributed by atoms with E-state index in [2.05, 4.69) is 25.3 Å². The number of nitrogens with one attached hydrogen (secondary N) is 1.